The number of carboxylic acid groups (broad SMARTS) is 3. The maximum atomic E-state index is 13.3. The molecule has 4 atom stereocenters. The van der Waals surface area contributed by atoms with E-state index in [-0.39, 0.29) is 113 Å². The highest BCUT2D eigenvalue weighted by molar-refractivity contribution is 5.89. The number of carbonyl (C=O) groups excluding carboxylic acids is 6. The van der Waals surface area contributed by atoms with Crippen LogP contribution in [0.4, 0.5) is 0 Å². The summed E-state index contributed by atoms with van der Waals surface area (Å²) >= 11 is 0. The van der Waals surface area contributed by atoms with Gasteiger partial charge in [0.2, 0.25) is 11.8 Å². The van der Waals surface area contributed by atoms with Gasteiger partial charge in [0.15, 0.2) is 11.6 Å². The number of aromatic hydroxyl groups is 1. The van der Waals surface area contributed by atoms with Crippen LogP contribution in [0, 0.1) is 17.8 Å². The predicted octanol–water partition coefficient (Wildman–Crippen LogP) is 6.64. The molecule has 444 valence electrons. The van der Waals surface area contributed by atoms with Crippen LogP contribution in [-0.2, 0) is 59.0 Å². The van der Waals surface area contributed by atoms with Crippen LogP contribution < -0.4 is 27.0 Å². The molecule has 0 radical (unpaired) electrons. The third-order valence-corrected chi connectivity index (χ3v) is 13.5. The quantitative estimate of drug-likeness (QED) is 0.0309. The average Bonchev–Trinajstić information content (AvgIpc) is 3.38. The number of ketones is 4. The summed E-state index contributed by atoms with van der Waals surface area (Å²) in [5.74, 6) is -6.21. The molecule has 1 aromatic carbocycles. The first kappa shape index (κ1) is 70.9. The number of phenolic OH excluding ortho intramolecular Hbond substituents is 1. The molecule has 10 N–H and O–H groups in total. The fraction of sp³-hybridized carbons (Fsp3) is 0.741. The van der Waals surface area contributed by atoms with Crippen molar-refractivity contribution in [2.75, 3.05) is 59.2 Å². The van der Waals surface area contributed by atoms with E-state index in [9.17, 15) is 58.5 Å². The number of unbranched alkanes of at least 4 members (excludes halogenated alkanes) is 14. The Kier molecular flexibility index (Phi) is 41.5. The lowest BCUT2D eigenvalue weighted by molar-refractivity contribution is -0.145. The molecule has 0 bridgehead atoms. The number of aliphatic carboxylic acids is 3. The largest absolute Gasteiger partial charge is 0.508 e. The molecule has 0 saturated heterocycles. The predicted molar refractivity (Wildman–Crippen MR) is 297 cm³/mol. The molecular weight excluding hydrogens is 1010 g/mol. The summed E-state index contributed by atoms with van der Waals surface area (Å²) in [4.78, 5) is 110. The number of hydrogen-bond acceptors (Lipinski definition) is 15. The van der Waals surface area contributed by atoms with Gasteiger partial charge in [-0.05, 0) is 87.9 Å². The van der Waals surface area contributed by atoms with Crippen LogP contribution in [0.1, 0.15) is 186 Å². The van der Waals surface area contributed by atoms with Gasteiger partial charge in [-0.15, -0.1) is 0 Å². The Labute approximate surface area is 463 Å². The molecule has 0 aromatic heterocycles. The van der Waals surface area contributed by atoms with Crippen LogP contribution in [-0.4, -0.2) is 145 Å². The number of ether oxygens (including phenoxy) is 2. The highest BCUT2D eigenvalue weighted by Gasteiger charge is 2.25. The molecule has 0 heterocycles. The molecule has 0 unspecified atom stereocenters. The van der Waals surface area contributed by atoms with Crippen LogP contribution in [0.2, 0.25) is 0 Å². The van der Waals surface area contributed by atoms with Crippen molar-refractivity contribution >= 4 is 52.9 Å². The molecule has 0 fully saturated rings. The highest BCUT2D eigenvalue weighted by atomic mass is 16.5. The Morgan fingerprint density at radius 3 is 1.65 bits per heavy atom. The zero-order valence-electron chi connectivity index (χ0n) is 47.0. The molecular formula is C58H97N5O15. The number of carbonyl (C=O) groups is 9. The second kappa shape index (κ2) is 45.7. The monoisotopic (exact) mass is 1100 g/mol. The fourth-order valence-corrected chi connectivity index (χ4v) is 8.93. The number of phenols is 1. The van der Waals surface area contributed by atoms with E-state index in [0.29, 0.717) is 64.6 Å². The summed E-state index contributed by atoms with van der Waals surface area (Å²) in [5, 5.41) is 49.6. The molecule has 0 aliphatic rings. The third-order valence-electron chi connectivity index (χ3n) is 13.5. The van der Waals surface area contributed by atoms with Gasteiger partial charge in [-0.1, -0.05) is 103 Å². The Morgan fingerprint density at radius 1 is 0.526 bits per heavy atom. The van der Waals surface area contributed by atoms with Gasteiger partial charge in [0.25, 0.3) is 0 Å². The van der Waals surface area contributed by atoms with E-state index in [1.807, 2.05) is 13.8 Å². The minimum Gasteiger partial charge on any atom is -0.508 e. The number of primary amides is 1. The summed E-state index contributed by atoms with van der Waals surface area (Å²) in [5.41, 5.74) is 6.33. The lowest BCUT2D eigenvalue weighted by atomic mass is 9.94. The number of hydrogen-bond donors (Lipinski definition) is 9. The summed E-state index contributed by atoms with van der Waals surface area (Å²) in [7, 11) is 0. The molecule has 1 rings (SSSR count). The zero-order chi connectivity index (χ0) is 57.8. The number of amides is 2. The van der Waals surface area contributed by atoms with Crippen molar-refractivity contribution in [2.45, 2.75) is 199 Å². The Hall–Kier alpha value is -5.15. The van der Waals surface area contributed by atoms with Crippen molar-refractivity contribution in [3.05, 3.63) is 29.8 Å². The van der Waals surface area contributed by atoms with Crippen molar-refractivity contribution in [1.29, 1.82) is 0 Å². The van der Waals surface area contributed by atoms with Crippen molar-refractivity contribution in [2.24, 2.45) is 23.5 Å². The molecule has 0 aliphatic carbocycles. The molecule has 20 nitrogen and oxygen atoms in total. The van der Waals surface area contributed by atoms with Gasteiger partial charge in [-0.3, -0.25) is 48.5 Å². The van der Waals surface area contributed by atoms with E-state index >= 15 is 0 Å². The first-order valence-electron chi connectivity index (χ1n) is 28.8. The summed E-state index contributed by atoms with van der Waals surface area (Å²) in [6.07, 6.45) is 18.5. The van der Waals surface area contributed by atoms with Gasteiger partial charge in [0.05, 0.1) is 56.8 Å². The Morgan fingerprint density at radius 2 is 1.08 bits per heavy atom. The maximum Gasteiger partial charge on any atom is 0.306 e. The SMILES string of the molecule is CC(C)CC(=O)CN[C@@H](CCCCNC(=O)CC[C@H](CC(=O)COCCOCCNCCC[C@H](CC(=O)CCCCCCCCCCCCCCCCC(=O)O)C(=O)O)C(=O)O)C(=O)CN[C@@H](Cc1ccc(O)cc1)C(N)=O. The van der Waals surface area contributed by atoms with Gasteiger partial charge in [0, 0.05) is 51.6 Å². The van der Waals surface area contributed by atoms with Crippen molar-refractivity contribution < 1.29 is 73.1 Å². The number of benzene rings is 1. The topological polar surface area (TPSA) is 327 Å². The number of carboxylic acids is 3. The first-order chi connectivity index (χ1) is 37.4. The normalized spacial score (nSPS) is 12.9. The Balaban J connectivity index is 2.21. The molecule has 1 aromatic rings. The third kappa shape index (κ3) is 40.1. The van der Waals surface area contributed by atoms with Gasteiger partial charge >= 0.3 is 17.9 Å². The van der Waals surface area contributed by atoms with E-state index in [2.05, 4.69) is 21.3 Å². The van der Waals surface area contributed by atoms with Crippen LogP contribution >= 0.6 is 0 Å². The first-order valence-corrected chi connectivity index (χ1v) is 28.8. The van der Waals surface area contributed by atoms with Crippen LogP contribution in [0.5, 0.6) is 5.75 Å². The molecule has 0 spiro atoms. The standard InChI is InChI=1S/C58H97N5O15/c1-43(2)36-49(66)40-62-51(53(68)41-63-52(56(59)72)37-44-24-27-47(64)28-25-44)22-17-18-31-61-54(69)29-26-46(58(75)76)39-50(67)42-78-35-34-77-33-32-60-30-19-20-45(57(73)74)38-48(65)21-15-13-11-9-7-5-3-4-6-8-10-12-14-16-23-55(70)71/h24-25,27-28,43,45-46,51-52,60,62-64H,3-23,26,29-42H2,1-2H3,(H2,59,72)(H,61,69)(H,70,71)(H,73,74)(H,75,76)/t45-,46-,51+,52+/m1/s1. The summed E-state index contributed by atoms with van der Waals surface area (Å²) < 4.78 is 10.9. The summed E-state index contributed by atoms with van der Waals surface area (Å²) in [6, 6.07) is 4.72. The second-order valence-corrected chi connectivity index (χ2v) is 21.1. The van der Waals surface area contributed by atoms with Gasteiger partial charge in [0.1, 0.15) is 23.9 Å². The van der Waals surface area contributed by atoms with E-state index in [1.54, 1.807) is 12.1 Å². The minimum atomic E-state index is -1.20. The van der Waals surface area contributed by atoms with Crippen molar-refractivity contribution in [1.82, 2.24) is 21.3 Å². The van der Waals surface area contributed by atoms with Gasteiger partial charge in [-0.2, -0.15) is 0 Å². The fourth-order valence-electron chi connectivity index (χ4n) is 8.93. The second-order valence-electron chi connectivity index (χ2n) is 21.1. The van der Waals surface area contributed by atoms with Crippen LogP contribution in [0.3, 0.4) is 0 Å². The molecule has 78 heavy (non-hydrogen) atoms. The highest BCUT2D eigenvalue weighted by Crippen LogP contribution is 2.18. The average molecular weight is 1100 g/mol. The van der Waals surface area contributed by atoms with E-state index in [1.165, 1.54) is 57.1 Å². The van der Waals surface area contributed by atoms with Gasteiger partial charge in [-0.25, -0.2) is 0 Å². The molecule has 2 amide bonds. The van der Waals surface area contributed by atoms with E-state index in [0.717, 1.165) is 50.5 Å². The number of rotatable bonds is 55. The van der Waals surface area contributed by atoms with E-state index in [4.69, 9.17) is 20.3 Å². The lowest BCUT2D eigenvalue weighted by Crippen LogP contribution is -2.49. The number of Topliss-reactive ketones (excluding diaryl/α,β-unsaturated/α-hetero) is 4. The van der Waals surface area contributed by atoms with Gasteiger partial charge < -0.3 is 51.6 Å². The molecule has 0 saturated carbocycles. The van der Waals surface area contributed by atoms with Crippen LogP contribution in [0.25, 0.3) is 0 Å². The smallest absolute Gasteiger partial charge is 0.306 e. The van der Waals surface area contributed by atoms with E-state index < -0.39 is 53.5 Å². The number of nitrogens with two attached hydrogens (primary N) is 1. The van der Waals surface area contributed by atoms with Crippen molar-refractivity contribution in [3.63, 3.8) is 0 Å². The van der Waals surface area contributed by atoms with Crippen molar-refractivity contribution in [3.8, 4) is 5.75 Å². The number of nitrogens with one attached hydrogen (secondary N) is 4. The lowest BCUT2D eigenvalue weighted by Gasteiger charge is -2.20. The minimum absolute atomic E-state index is 0.00300. The maximum absolute atomic E-state index is 13.3. The zero-order valence-corrected chi connectivity index (χ0v) is 47.0. The van der Waals surface area contributed by atoms with Crippen LogP contribution in [0.15, 0.2) is 24.3 Å². The molecule has 20 heteroatoms. The Bertz CT molecular complexity index is 1880. The summed E-state index contributed by atoms with van der Waals surface area (Å²) in [6.45, 7) is 5.33. The molecule has 0 aliphatic heterocycles.